The highest BCUT2D eigenvalue weighted by molar-refractivity contribution is 5.43. The molecule has 0 fully saturated rings. The Balaban J connectivity index is 2.73. The molecule has 1 aromatic carbocycles. The molecule has 1 rings (SSSR count). The lowest BCUT2D eigenvalue weighted by atomic mass is 9.86. The van der Waals surface area contributed by atoms with Gasteiger partial charge < -0.3 is 19.3 Å². The number of benzene rings is 1. The van der Waals surface area contributed by atoms with Gasteiger partial charge in [-0.15, -0.1) is 0 Å². The zero-order valence-corrected chi connectivity index (χ0v) is 13.1. The third-order valence-electron chi connectivity index (χ3n) is 2.87. The highest BCUT2D eigenvalue weighted by Gasteiger charge is 2.19. The van der Waals surface area contributed by atoms with Gasteiger partial charge in [0.25, 0.3) is 0 Å². The summed E-state index contributed by atoms with van der Waals surface area (Å²) < 4.78 is 16.6. The largest absolute Gasteiger partial charge is 0.508 e. The molecule has 0 aliphatic carbocycles. The van der Waals surface area contributed by atoms with Crippen LogP contribution >= 0.6 is 0 Å². The van der Waals surface area contributed by atoms with Gasteiger partial charge >= 0.3 is 0 Å². The third kappa shape index (κ3) is 5.02. The summed E-state index contributed by atoms with van der Waals surface area (Å²) in [5, 5.41) is 9.91. The second kappa shape index (κ2) is 7.50. The van der Waals surface area contributed by atoms with Gasteiger partial charge in [-0.2, -0.15) is 0 Å². The zero-order valence-electron chi connectivity index (χ0n) is 13.1. The molecule has 0 heterocycles. The number of ether oxygens (including phenoxy) is 3. The van der Waals surface area contributed by atoms with Crippen molar-refractivity contribution in [1.82, 2.24) is 0 Å². The second-order valence-electron chi connectivity index (χ2n) is 5.58. The van der Waals surface area contributed by atoms with Gasteiger partial charge in [0.15, 0.2) is 6.29 Å². The van der Waals surface area contributed by atoms with Crippen LogP contribution in [0.2, 0.25) is 0 Å². The summed E-state index contributed by atoms with van der Waals surface area (Å²) >= 11 is 0. The van der Waals surface area contributed by atoms with E-state index >= 15 is 0 Å². The minimum absolute atomic E-state index is 0.136. The fraction of sp³-hybridized carbons (Fsp3) is 0.625. The van der Waals surface area contributed by atoms with Crippen LogP contribution in [0.5, 0.6) is 11.5 Å². The number of hydrogen-bond acceptors (Lipinski definition) is 4. The van der Waals surface area contributed by atoms with E-state index in [-0.39, 0.29) is 17.5 Å². The minimum Gasteiger partial charge on any atom is -0.508 e. The first-order valence-corrected chi connectivity index (χ1v) is 7.08. The molecule has 20 heavy (non-hydrogen) atoms. The van der Waals surface area contributed by atoms with E-state index in [0.717, 1.165) is 5.56 Å². The van der Waals surface area contributed by atoms with Gasteiger partial charge in [-0.3, -0.25) is 0 Å². The van der Waals surface area contributed by atoms with Gasteiger partial charge in [0.05, 0.1) is 0 Å². The number of phenolic OH excluding ortho intramolecular Hbond substituents is 1. The lowest BCUT2D eigenvalue weighted by Crippen LogP contribution is -2.25. The summed E-state index contributed by atoms with van der Waals surface area (Å²) in [5.41, 5.74) is 0.724. The molecule has 0 aliphatic rings. The normalized spacial score (nSPS) is 11.9. The fourth-order valence-corrected chi connectivity index (χ4v) is 1.89. The van der Waals surface area contributed by atoms with Gasteiger partial charge in [-0.1, -0.05) is 20.8 Å². The quantitative estimate of drug-likeness (QED) is 0.778. The van der Waals surface area contributed by atoms with Crippen molar-refractivity contribution in [3.63, 3.8) is 0 Å². The first-order valence-electron chi connectivity index (χ1n) is 7.08. The second-order valence-corrected chi connectivity index (χ2v) is 5.58. The van der Waals surface area contributed by atoms with Gasteiger partial charge in [-0.25, -0.2) is 0 Å². The summed E-state index contributed by atoms with van der Waals surface area (Å²) in [7, 11) is 0. The number of aromatic hydroxyl groups is 1. The van der Waals surface area contributed by atoms with Gasteiger partial charge in [0.2, 0.25) is 0 Å². The Kier molecular flexibility index (Phi) is 6.30. The maximum atomic E-state index is 9.91. The summed E-state index contributed by atoms with van der Waals surface area (Å²) in [5.74, 6) is 0.994. The molecule has 1 N–H and O–H groups in total. The van der Waals surface area contributed by atoms with Crippen LogP contribution in [0.25, 0.3) is 0 Å². The molecule has 0 aromatic heterocycles. The van der Waals surface area contributed by atoms with Crippen LogP contribution in [0, 0.1) is 0 Å². The summed E-state index contributed by atoms with van der Waals surface area (Å²) in [6, 6.07) is 5.27. The first kappa shape index (κ1) is 16.8. The van der Waals surface area contributed by atoms with Gasteiger partial charge in [0.1, 0.15) is 18.1 Å². The van der Waals surface area contributed by atoms with Crippen molar-refractivity contribution in [1.29, 1.82) is 0 Å². The molecule has 0 spiro atoms. The molecule has 0 aliphatic heterocycles. The Morgan fingerprint density at radius 1 is 1.10 bits per heavy atom. The van der Waals surface area contributed by atoms with Crippen molar-refractivity contribution >= 4 is 0 Å². The van der Waals surface area contributed by atoms with Crippen molar-refractivity contribution < 1.29 is 19.3 Å². The van der Waals surface area contributed by atoms with Crippen LogP contribution < -0.4 is 4.74 Å². The minimum atomic E-state index is -0.364. The van der Waals surface area contributed by atoms with E-state index in [1.54, 1.807) is 12.1 Å². The average molecular weight is 282 g/mol. The van der Waals surface area contributed by atoms with E-state index in [9.17, 15) is 5.11 Å². The monoisotopic (exact) mass is 282 g/mol. The number of phenols is 1. The van der Waals surface area contributed by atoms with Crippen molar-refractivity contribution in [2.24, 2.45) is 0 Å². The van der Waals surface area contributed by atoms with Crippen LogP contribution in [0.1, 0.15) is 40.2 Å². The van der Waals surface area contributed by atoms with Crippen LogP contribution in [0.3, 0.4) is 0 Å². The molecule has 0 bridgehead atoms. The van der Waals surface area contributed by atoms with Crippen LogP contribution in [-0.4, -0.2) is 31.2 Å². The Labute approximate surface area is 121 Å². The molecule has 114 valence electrons. The zero-order chi connectivity index (χ0) is 15.2. The molecular weight excluding hydrogens is 256 g/mol. The van der Waals surface area contributed by atoms with E-state index < -0.39 is 0 Å². The molecular formula is C16H26O4. The molecule has 0 saturated heterocycles. The van der Waals surface area contributed by atoms with Gasteiger partial charge in [0, 0.05) is 18.8 Å². The lowest BCUT2D eigenvalue weighted by Gasteiger charge is -2.22. The Hall–Kier alpha value is -1.26. The van der Waals surface area contributed by atoms with Crippen LogP contribution in [0.4, 0.5) is 0 Å². The fourth-order valence-electron chi connectivity index (χ4n) is 1.89. The maximum Gasteiger partial charge on any atom is 0.191 e. The first-order chi connectivity index (χ1) is 9.38. The molecule has 0 atom stereocenters. The van der Waals surface area contributed by atoms with E-state index in [4.69, 9.17) is 14.2 Å². The lowest BCUT2D eigenvalue weighted by molar-refractivity contribution is -0.152. The molecule has 0 radical (unpaired) electrons. The Morgan fingerprint density at radius 2 is 1.70 bits per heavy atom. The van der Waals surface area contributed by atoms with Crippen molar-refractivity contribution in [3.05, 3.63) is 23.8 Å². The highest BCUT2D eigenvalue weighted by atomic mass is 16.7. The highest BCUT2D eigenvalue weighted by Crippen LogP contribution is 2.33. The summed E-state index contributed by atoms with van der Waals surface area (Å²) in [6.07, 6.45) is -0.364. The van der Waals surface area contributed by atoms with E-state index in [2.05, 4.69) is 20.8 Å². The van der Waals surface area contributed by atoms with E-state index in [1.165, 1.54) is 0 Å². The summed E-state index contributed by atoms with van der Waals surface area (Å²) in [4.78, 5) is 0. The number of hydrogen-bond donors (Lipinski definition) is 1. The Morgan fingerprint density at radius 3 is 2.20 bits per heavy atom. The topological polar surface area (TPSA) is 47.9 Å². The molecule has 0 saturated carbocycles. The standard InChI is InChI=1S/C16H26O4/c1-6-18-15(19-7-2)11-20-12-8-9-14(17)13(10-12)16(3,4)5/h8-10,15,17H,6-7,11H2,1-5H3. The van der Waals surface area contributed by atoms with Gasteiger partial charge in [-0.05, 0) is 37.5 Å². The average Bonchev–Trinajstić information content (AvgIpc) is 2.36. The predicted molar refractivity (Wildman–Crippen MR) is 79.3 cm³/mol. The predicted octanol–water partition coefficient (Wildman–Crippen LogP) is 3.47. The van der Waals surface area contributed by atoms with Crippen molar-refractivity contribution in [3.8, 4) is 11.5 Å². The van der Waals surface area contributed by atoms with Crippen molar-refractivity contribution in [2.45, 2.75) is 46.3 Å². The molecule has 0 amide bonds. The smallest absolute Gasteiger partial charge is 0.191 e. The van der Waals surface area contributed by atoms with E-state index in [0.29, 0.717) is 25.6 Å². The molecule has 0 unspecified atom stereocenters. The number of rotatable bonds is 7. The maximum absolute atomic E-state index is 9.91. The van der Waals surface area contributed by atoms with Crippen LogP contribution in [0.15, 0.2) is 18.2 Å². The third-order valence-corrected chi connectivity index (χ3v) is 2.87. The van der Waals surface area contributed by atoms with E-state index in [1.807, 2.05) is 19.9 Å². The summed E-state index contributed by atoms with van der Waals surface area (Å²) in [6.45, 7) is 11.5. The Bertz CT molecular complexity index is 403. The molecule has 1 aromatic rings. The SMILES string of the molecule is CCOC(COc1ccc(O)c(C(C)(C)C)c1)OCC. The molecule has 4 heteroatoms. The molecule has 4 nitrogen and oxygen atoms in total. The van der Waals surface area contributed by atoms with Crippen LogP contribution in [-0.2, 0) is 14.9 Å². The van der Waals surface area contributed by atoms with Crippen molar-refractivity contribution in [2.75, 3.05) is 19.8 Å².